The van der Waals surface area contributed by atoms with Crippen LogP contribution < -0.4 is 5.73 Å². The van der Waals surface area contributed by atoms with Crippen molar-refractivity contribution in [1.29, 1.82) is 0 Å². The minimum absolute atomic E-state index is 0.222. The van der Waals surface area contributed by atoms with E-state index in [9.17, 15) is 0 Å². The van der Waals surface area contributed by atoms with Gasteiger partial charge in [-0.15, -0.1) is 0 Å². The molecule has 1 heteroatoms. The standard InChI is InChI=1S/C19H33N/c1-3-4-5-6-7-8-9-10-11-12-19(20)18-15-13-17(2)14-16-18/h13-16,19H,3-12,20H2,1-2H3. The molecule has 1 aromatic carbocycles. The van der Waals surface area contributed by atoms with Crippen molar-refractivity contribution in [2.75, 3.05) is 0 Å². The van der Waals surface area contributed by atoms with Gasteiger partial charge in [0.1, 0.15) is 0 Å². The second-order valence-electron chi connectivity index (χ2n) is 6.13. The Morgan fingerprint density at radius 1 is 0.800 bits per heavy atom. The van der Waals surface area contributed by atoms with E-state index < -0.39 is 0 Å². The molecule has 114 valence electrons. The Morgan fingerprint density at radius 2 is 1.30 bits per heavy atom. The van der Waals surface area contributed by atoms with Crippen LogP contribution in [0.15, 0.2) is 24.3 Å². The molecule has 0 saturated heterocycles. The maximum Gasteiger partial charge on any atom is 0.0294 e. The maximum atomic E-state index is 6.24. The SMILES string of the molecule is CCCCCCCCCCCC(N)c1ccc(C)cc1. The molecule has 1 atom stereocenters. The zero-order valence-electron chi connectivity index (χ0n) is 13.5. The quantitative estimate of drug-likeness (QED) is 0.499. The first-order chi connectivity index (χ1) is 9.74. The van der Waals surface area contributed by atoms with Crippen molar-refractivity contribution in [2.45, 2.75) is 84.1 Å². The molecule has 0 aromatic heterocycles. The maximum absolute atomic E-state index is 6.24. The van der Waals surface area contributed by atoms with Crippen LogP contribution in [0, 0.1) is 6.92 Å². The largest absolute Gasteiger partial charge is 0.324 e. The first-order valence-electron chi connectivity index (χ1n) is 8.56. The molecule has 0 aliphatic heterocycles. The molecule has 1 aromatic rings. The Kier molecular flexibility index (Phi) is 9.40. The molecule has 0 radical (unpaired) electrons. The summed E-state index contributed by atoms with van der Waals surface area (Å²) in [6.07, 6.45) is 13.5. The molecule has 0 amide bonds. The molecule has 0 spiro atoms. The Labute approximate surface area is 126 Å². The second-order valence-corrected chi connectivity index (χ2v) is 6.13. The van der Waals surface area contributed by atoms with E-state index in [2.05, 4.69) is 38.1 Å². The van der Waals surface area contributed by atoms with E-state index in [1.165, 1.54) is 68.9 Å². The number of rotatable bonds is 11. The van der Waals surface area contributed by atoms with Crippen LogP contribution in [0.2, 0.25) is 0 Å². The summed E-state index contributed by atoms with van der Waals surface area (Å²) in [4.78, 5) is 0. The highest BCUT2D eigenvalue weighted by Gasteiger charge is 2.04. The summed E-state index contributed by atoms with van der Waals surface area (Å²) in [5.41, 5.74) is 8.84. The van der Waals surface area contributed by atoms with Crippen molar-refractivity contribution >= 4 is 0 Å². The second kappa shape index (κ2) is 10.9. The summed E-state index contributed by atoms with van der Waals surface area (Å²) in [5, 5.41) is 0. The lowest BCUT2D eigenvalue weighted by molar-refractivity contribution is 0.532. The van der Waals surface area contributed by atoms with Gasteiger partial charge in [-0.3, -0.25) is 0 Å². The summed E-state index contributed by atoms with van der Waals surface area (Å²) in [6, 6.07) is 8.89. The van der Waals surface area contributed by atoms with Crippen molar-refractivity contribution in [3.63, 3.8) is 0 Å². The zero-order chi connectivity index (χ0) is 14.6. The van der Waals surface area contributed by atoms with Crippen molar-refractivity contribution in [3.05, 3.63) is 35.4 Å². The number of benzene rings is 1. The van der Waals surface area contributed by atoms with E-state index >= 15 is 0 Å². The van der Waals surface area contributed by atoms with Gasteiger partial charge in [0, 0.05) is 6.04 Å². The van der Waals surface area contributed by atoms with Gasteiger partial charge >= 0.3 is 0 Å². The number of unbranched alkanes of at least 4 members (excludes halogenated alkanes) is 8. The molecule has 1 unspecified atom stereocenters. The van der Waals surface area contributed by atoms with E-state index in [4.69, 9.17) is 5.73 Å². The normalized spacial score (nSPS) is 12.6. The van der Waals surface area contributed by atoms with E-state index in [0.717, 1.165) is 6.42 Å². The summed E-state index contributed by atoms with van der Waals surface area (Å²) in [5.74, 6) is 0. The van der Waals surface area contributed by atoms with Gasteiger partial charge in [-0.2, -0.15) is 0 Å². The van der Waals surface area contributed by atoms with Crippen LogP contribution in [0.1, 0.15) is 88.3 Å². The fraction of sp³-hybridized carbons (Fsp3) is 0.684. The van der Waals surface area contributed by atoms with Crippen LogP contribution in [0.25, 0.3) is 0 Å². The fourth-order valence-corrected chi connectivity index (χ4v) is 2.66. The number of aryl methyl sites for hydroxylation is 1. The molecular formula is C19H33N. The zero-order valence-corrected chi connectivity index (χ0v) is 13.5. The Bertz CT molecular complexity index is 328. The highest BCUT2D eigenvalue weighted by Crippen LogP contribution is 2.18. The first kappa shape index (κ1) is 17.2. The first-order valence-corrected chi connectivity index (χ1v) is 8.56. The molecular weight excluding hydrogens is 242 g/mol. The summed E-state index contributed by atoms with van der Waals surface area (Å²) < 4.78 is 0. The van der Waals surface area contributed by atoms with Crippen LogP contribution >= 0.6 is 0 Å². The van der Waals surface area contributed by atoms with Gasteiger partial charge in [0.2, 0.25) is 0 Å². The van der Waals surface area contributed by atoms with Crippen molar-refractivity contribution < 1.29 is 0 Å². The van der Waals surface area contributed by atoms with Gasteiger partial charge < -0.3 is 5.73 Å². The fourth-order valence-electron chi connectivity index (χ4n) is 2.66. The molecule has 1 rings (SSSR count). The topological polar surface area (TPSA) is 26.0 Å². The highest BCUT2D eigenvalue weighted by atomic mass is 14.6. The molecule has 0 bridgehead atoms. The lowest BCUT2D eigenvalue weighted by atomic mass is 9.99. The van der Waals surface area contributed by atoms with Gasteiger partial charge in [0.15, 0.2) is 0 Å². The van der Waals surface area contributed by atoms with Crippen molar-refractivity contribution in [3.8, 4) is 0 Å². The number of hydrogen-bond acceptors (Lipinski definition) is 1. The van der Waals surface area contributed by atoms with Crippen LogP contribution in [0.5, 0.6) is 0 Å². The molecule has 0 fully saturated rings. The molecule has 0 aliphatic rings. The Morgan fingerprint density at radius 3 is 1.85 bits per heavy atom. The van der Waals surface area contributed by atoms with Crippen molar-refractivity contribution in [1.82, 2.24) is 0 Å². The predicted octanol–water partition coefficient (Wildman–Crippen LogP) is 5.92. The van der Waals surface area contributed by atoms with Gasteiger partial charge in [0.25, 0.3) is 0 Å². The van der Waals surface area contributed by atoms with E-state index in [0.29, 0.717) is 0 Å². The van der Waals surface area contributed by atoms with Gasteiger partial charge in [-0.05, 0) is 18.9 Å². The molecule has 0 heterocycles. The van der Waals surface area contributed by atoms with E-state index in [1.807, 2.05) is 0 Å². The minimum Gasteiger partial charge on any atom is -0.324 e. The summed E-state index contributed by atoms with van der Waals surface area (Å²) in [7, 11) is 0. The van der Waals surface area contributed by atoms with Crippen LogP contribution in [-0.2, 0) is 0 Å². The molecule has 1 nitrogen and oxygen atoms in total. The highest BCUT2D eigenvalue weighted by molar-refractivity contribution is 5.23. The van der Waals surface area contributed by atoms with Crippen LogP contribution in [0.3, 0.4) is 0 Å². The lowest BCUT2D eigenvalue weighted by Gasteiger charge is -2.12. The third kappa shape index (κ3) is 7.69. The minimum atomic E-state index is 0.222. The third-order valence-electron chi connectivity index (χ3n) is 4.12. The van der Waals surface area contributed by atoms with E-state index in [1.54, 1.807) is 0 Å². The average Bonchev–Trinajstić information content (AvgIpc) is 2.46. The summed E-state index contributed by atoms with van der Waals surface area (Å²) in [6.45, 7) is 4.40. The smallest absolute Gasteiger partial charge is 0.0294 e. The monoisotopic (exact) mass is 275 g/mol. The third-order valence-corrected chi connectivity index (χ3v) is 4.12. The Hall–Kier alpha value is -0.820. The molecule has 0 saturated carbocycles. The van der Waals surface area contributed by atoms with Crippen LogP contribution in [0.4, 0.5) is 0 Å². The van der Waals surface area contributed by atoms with Gasteiger partial charge in [-0.25, -0.2) is 0 Å². The Balaban J connectivity index is 1.99. The van der Waals surface area contributed by atoms with Gasteiger partial charge in [-0.1, -0.05) is 94.5 Å². The predicted molar refractivity (Wildman–Crippen MR) is 90.0 cm³/mol. The molecule has 20 heavy (non-hydrogen) atoms. The average molecular weight is 275 g/mol. The number of hydrogen-bond donors (Lipinski definition) is 1. The van der Waals surface area contributed by atoms with Gasteiger partial charge in [0.05, 0.1) is 0 Å². The summed E-state index contributed by atoms with van der Waals surface area (Å²) >= 11 is 0. The number of nitrogens with two attached hydrogens (primary N) is 1. The molecule has 0 aliphatic carbocycles. The van der Waals surface area contributed by atoms with Crippen molar-refractivity contribution in [2.24, 2.45) is 5.73 Å². The molecule has 2 N–H and O–H groups in total. The van der Waals surface area contributed by atoms with E-state index in [-0.39, 0.29) is 6.04 Å². The lowest BCUT2D eigenvalue weighted by Crippen LogP contribution is -2.09. The van der Waals surface area contributed by atoms with Crippen LogP contribution in [-0.4, -0.2) is 0 Å².